The molecule has 0 bridgehead atoms. The summed E-state index contributed by atoms with van der Waals surface area (Å²) >= 11 is 14.1. The van der Waals surface area contributed by atoms with Crippen molar-refractivity contribution >= 4 is 40.1 Å². The molecule has 5 aromatic rings. The number of nitrogens with one attached hydrogen (secondary N) is 3. The van der Waals surface area contributed by atoms with E-state index in [0.29, 0.717) is 35.2 Å². The van der Waals surface area contributed by atoms with Crippen LogP contribution in [0.15, 0.2) is 67.0 Å². The van der Waals surface area contributed by atoms with Crippen LogP contribution < -0.4 is 20.7 Å². The van der Waals surface area contributed by atoms with E-state index >= 15 is 0 Å². The van der Waals surface area contributed by atoms with Crippen molar-refractivity contribution in [1.29, 1.82) is 0 Å². The Kier molecular flexibility index (Phi) is 8.86. The van der Waals surface area contributed by atoms with Gasteiger partial charge in [0.2, 0.25) is 5.91 Å². The normalized spacial score (nSPS) is 14.8. The van der Waals surface area contributed by atoms with Crippen LogP contribution in [0.25, 0.3) is 44.7 Å². The van der Waals surface area contributed by atoms with E-state index in [-0.39, 0.29) is 11.9 Å². The Bertz CT molecular complexity index is 1850. The van der Waals surface area contributed by atoms with E-state index in [1.807, 2.05) is 67.2 Å². The number of rotatable bonds is 10. The van der Waals surface area contributed by atoms with Gasteiger partial charge in [-0.3, -0.25) is 9.78 Å². The number of methoxy groups -OCH3 is 1. The Morgan fingerprint density at radius 3 is 2.61 bits per heavy atom. The molecule has 0 aliphatic carbocycles. The summed E-state index contributed by atoms with van der Waals surface area (Å²) in [6.45, 7) is 2.08. The van der Waals surface area contributed by atoms with Crippen LogP contribution in [0.1, 0.15) is 24.0 Å². The lowest BCUT2D eigenvalue weighted by Crippen LogP contribution is -2.35. The van der Waals surface area contributed by atoms with Gasteiger partial charge in [0.15, 0.2) is 0 Å². The monoisotopic (exact) mass is 628 g/mol. The van der Waals surface area contributed by atoms with Gasteiger partial charge in [0.1, 0.15) is 11.4 Å². The second-order valence-corrected chi connectivity index (χ2v) is 11.8. The first kappa shape index (κ1) is 30.1. The van der Waals surface area contributed by atoms with Crippen LogP contribution in [0.4, 0.5) is 0 Å². The number of hydrogen-bond donors (Lipinski definition) is 3. The highest BCUT2D eigenvalue weighted by molar-refractivity contribution is 6.39. The molecule has 2 aromatic carbocycles. The highest BCUT2D eigenvalue weighted by Crippen LogP contribution is 2.42. The zero-order chi connectivity index (χ0) is 30.8. The fourth-order valence-electron chi connectivity index (χ4n) is 5.85. The standard InChI is InChI=1S/C34H34Cl2N6O2/c1-37-16-22-19-42(2)34-24(22)10-11-28(41-34)27-6-4-5-25(31(27)35)26-13-14-39-33(32(26)36)20-7-8-21(29(15-20)44-3)17-38-18-23-9-12-30(43)40-23/h4-8,10-11,13-15,19,23,37-38H,9,12,16-18H2,1-3H3,(H,40,43)/t23-/m0/s1. The van der Waals surface area contributed by atoms with Crippen molar-refractivity contribution in [1.82, 2.24) is 30.5 Å². The number of aromatic nitrogens is 3. The predicted molar refractivity (Wildman–Crippen MR) is 177 cm³/mol. The molecule has 0 spiro atoms. The van der Waals surface area contributed by atoms with E-state index in [9.17, 15) is 4.79 Å². The smallest absolute Gasteiger partial charge is 0.220 e. The Balaban J connectivity index is 1.29. The minimum absolute atomic E-state index is 0.113. The number of aryl methyl sites for hydroxylation is 1. The molecular weight excluding hydrogens is 595 g/mol. The maximum absolute atomic E-state index is 11.5. The number of ether oxygens (including phenoxy) is 1. The zero-order valence-electron chi connectivity index (χ0n) is 24.9. The van der Waals surface area contributed by atoms with Crippen molar-refractivity contribution in [2.75, 3.05) is 20.7 Å². The summed E-state index contributed by atoms with van der Waals surface area (Å²) in [6, 6.07) is 18.0. The van der Waals surface area contributed by atoms with Crippen molar-refractivity contribution in [2.24, 2.45) is 7.05 Å². The number of halogens is 2. The van der Waals surface area contributed by atoms with Gasteiger partial charge in [0.25, 0.3) is 0 Å². The molecule has 0 saturated carbocycles. The molecule has 1 atom stereocenters. The first-order valence-electron chi connectivity index (χ1n) is 14.6. The van der Waals surface area contributed by atoms with Crippen LogP contribution in [0, 0.1) is 0 Å². The third-order valence-corrected chi connectivity index (χ3v) is 8.87. The Labute approximate surface area is 266 Å². The molecule has 10 heteroatoms. The average molecular weight is 630 g/mol. The molecule has 6 rings (SSSR count). The van der Waals surface area contributed by atoms with Crippen LogP contribution in [-0.4, -0.2) is 47.2 Å². The topological polar surface area (TPSA) is 93.1 Å². The third-order valence-electron chi connectivity index (χ3n) is 8.08. The number of fused-ring (bicyclic) bond motifs is 1. The van der Waals surface area contributed by atoms with Gasteiger partial charge in [-0.05, 0) is 43.3 Å². The summed E-state index contributed by atoms with van der Waals surface area (Å²) in [4.78, 5) is 21.1. The zero-order valence-corrected chi connectivity index (χ0v) is 26.4. The summed E-state index contributed by atoms with van der Waals surface area (Å²) in [5, 5.41) is 11.8. The number of benzene rings is 2. The van der Waals surface area contributed by atoms with E-state index in [1.54, 1.807) is 13.3 Å². The first-order valence-corrected chi connectivity index (χ1v) is 15.3. The summed E-state index contributed by atoms with van der Waals surface area (Å²) in [5.41, 5.74) is 7.76. The van der Waals surface area contributed by atoms with E-state index < -0.39 is 0 Å². The summed E-state index contributed by atoms with van der Waals surface area (Å²) in [6.07, 6.45) is 5.29. The lowest BCUT2D eigenvalue weighted by molar-refractivity contribution is -0.119. The fraction of sp³-hybridized carbons (Fsp3) is 0.265. The summed E-state index contributed by atoms with van der Waals surface area (Å²) in [7, 11) is 5.59. The molecule has 1 aliphatic rings. The molecule has 44 heavy (non-hydrogen) atoms. The van der Waals surface area contributed by atoms with Crippen molar-refractivity contribution in [3.05, 3.63) is 88.2 Å². The molecule has 1 fully saturated rings. The van der Waals surface area contributed by atoms with Gasteiger partial charge in [0, 0.05) is 84.7 Å². The number of carbonyl (C=O) groups is 1. The summed E-state index contributed by atoms with van der Waals surface area (Å²) < 4.78 is 7.77. The number of carbonyl (C=O) groups excluding carboxylic acids is 1. The minimum Gasteiger partial charge on any atom is -0.496 e. The lowest BCUT2D eigenvalue weighted by atomic mass is 9.99. The van der Waals surface area contributed by atoms with E-state index in [4.69, 9.17) is 32.9 Å². The average Bonchev–Trinajstić information content (AvgIpc) is 3.59. The molecule has 1 aliphatic heterocycles. The van der Waals surface area contributed by atoms with Crippen LogP contribution in [0.2, 0.25) is 10.0 Å². The van der Waals surface area contributed by atoms with Gasteiger partial charge in [-0.1, -0.05) is 53.5 Å². The number of pyridine rings is 2. The van der Waals surface area contributed by atoms with Gasteiger partial charge in [-0.15, -0.1) is 0 Å². The largest absolute Gasteiger partial charge is 0.496 e. The van der Waals surface area contributed by atoms with Crippen molar-refractivity contribution in [2.45, 2.75) is 32.0 Å². The summed E-state index contributed by atoms with van der Waals surface area (Å²) in [5.74, 6) is 0.844. The molecule has 1 saturated heterocycles. The van der Waals surface area contributed by atoms with E-state index in [1.165, 1.54) is 5.56 Å². The van der Waals surface area contributed by atoms with Crippen molar-refractivity contribution < 1.29 is 9.53 Å². The van der Waals surface area contributed by atoms with Gasteiger partial charge in [-0.2, -0.15) is 0 Å². The molecule has 8 nitrogen and oxygen atoms in total. The minimum atomic E-state index is 0.113. The Morgan fingerprint density at radius 1 is 1.02 bits per heavy atom. The van der Waals surface area contributed by atoms with Gasteiger partial charge in [-0.25, -0.2) is 4.98 Å². The second kappa shape index (κ2) is 13.0. The van der Waals surface area contributed by atoms with Gasteiger partial charge < -0.3 is 25.3 Å². The van der Waals surface area contributed by atoms with E-state index in [0.717, 1.165) is 63.3 Å². The SMILES string of the molecule is CNCc1cn(C)c2nc(-c3cccc(-c4ccnc(-c5ccc(CNC[C@@H]6CCC(=O)N6)c(OC)c5)c4Cl)c3Cl)ccc12. The van der Waals surface area contributed by atoms with Crippen LogP contribution in [-0.2, 0) is 24.9 Å². The van der Waals surface area contributed by atoms with Gasteiger partial charge in [0.05, 0.1) is 28.5 Å². The van der Waals surface area contributed by atoms with Crippen LogP contribution >= 0.6 is 23.2 Å². The molecule has 3 aromatic heterocycles. The second-order valence-electron chi connectivity index (χ2n) is 11.0. The predicted octanol–water partition coefficient (Wildman–Crippen LogP) is 6.37. The molecular formula is C34H34Cl2N6O2. The molecule has 0 unspecified atom stereocenters. The van der Waals surface area contributed by atoms with Gasteiger partial charge >= 0.3 is 0 Å². The van der Waals surface area contributed by atoms with Crippen LogP contribution in [0.3, 0.4) is 0 Å². The molecule has 4 heterocycles. The Morgan fingerprint density at radius 2 is 1.84 bits per heavy atom. The Hall–Kier alpha value is -3.95. The fourth-order valence-corrected chi connectivity index (χ4v) is 6.50. The molecule has 3 N–H and O–H groups in total. The molecule has 226 valence electrons. The maximum atomic E-state index is 11.5. The third kappa shape index (κ3) is 5.90. The highest BCUT2D eigenvalue weighted by Gasteiger charge is 2.21. The van der Waals surface area contributed by atoms with Crippen molar-refractivity contribution in [3.8, 4) is 39.4 Å². The maximum Gasteiger partial charge on any atom is 0.220 e. The number of nitrogens with zero attached hydrogens (tertiary/aromatic N) is 3. The molecule has 1 amide bonds. The van der Waals surface area contributed by atoms with Crippen LogP contribution in [0.5, 0.6) is 5.75 Å². The quantitative estimate of drug-likeness (QED) is 0.166. The number of hydrogen-bond acceptors (Lipinski definition) is 6. The van der Waals surface area contributed by atoms with E-state index in [2.05, 4.69) is 33.2 Å². The lowest BCUT2D eigenvalue weighted by Gasteiger charge is -2.16. The number of amides is 1. The highest BCUT2D eigenvalue weighted by atomic mass is 35.5. The first-order chi connectivity index (χ1) is 21.4. The molecule has 0 radical (unpaired) electrons. The van der Waals surface area contributed by atoms with Crippen molar-refractivity contribution in [3.63, 3.8) is 0 Å².